The maximum Gasteiger partial charge on any atom is 0.456 e. The summed E-state index contributed by atoms with van der Waals surface area (Å²) in [5.74, 6) is 0. The number of benzene rings is 2. The topological polar surface area (TPSA) is 43.4 Å². The summed E-state index contributed by atoms with van der Waals surface area (Å²) in [6, 6.07) is 13.7. The second-order valence-electron chi connectivity index (χ2n) is 5.19. The summed E-state index contributed by atoms with van der Waals surface area (Å²) in [5.41, 5.74) is -4.29. The number of hydrogen-bond donors (Lipinski definition) is 0. The first-order valence-corrected chi connectivity index (χ1v) is 10.2. The monoisotopic (exact) mass is 374 g/mol. The van der Waals surface area contributed by atoms with Crippen molar-refractivity contribution in [3.8, 4) is 0 Å². The second kappa shape index (κ2) is 5.65. The largest absolute Gasteiger partial charge is 0.456 e. The Morgan fingerprint density at radius 2 is 1.54 bits per heavy atom. The summed E-state index contributed by atoms with van der Waals surface area (Å²) >= 11 is 0. The molecule has 8 heteroatoms. The van der Waals surface area contributed by atoms with Crippen LogP contribution in [0.3, 0.4) is 0 Å². The van der Waals surface area contributed by atoms with Gasteiger partial charge in [-0.25, -0.2) is 3.63 Å². The van der Waals surface area contributed by atoms with Gasteiger partial charge >= 0.3 is 5.51 Å². The van der Waals surface area contributed by atoms with Crippen LogP contribution in [0.15, 0.2) is 59.5 Å². The minimum atomic E-state index is -4.88. The molecule has 3 nitrogen and oxygen atoms in total. The molecule has 2 aromatic rings. The molecule has 0 fully saturated rings. The van der Waals surface area contributed by atoms with E-state index in [9.17, 15) is 21.6 Å². The predicted octanol–water partition coefficient (Wildman–Crippen LogP) is 4.77. The fraction of sp³-hybridized carbons (Fsp3) is 0.125. The van der Waals surface area contributed by atoms with Crippen LogP contribution in [-0.2, 0) is 13.7 Å². The predicted molar refractivity (Wildman–Crippen MR) is 88.6 cm³/mol. The van der Waals surface area contributed by atoms with Gasteiger partial charge in [-0.15, -0.1) is 0 Å². The van der Waals surface area contributed by atoms with E-state index in [-0.39, 0.29) is 15.4 Å². The standard InChI is InChI=1S/C16H13F3O3S2/c1-23(20,21)22-24(16(17,18)19)14-10-6-5-9-13(14)11-15(24)12-7-3-2-4-8-12/h2-11H,1H3. The summed E-state index contributed by atoms with van der Waals surface area (Å²) in [6.07, 6.45) is 2.00. The molecule has 0 N–H and O–H groups in total. The molecule has 0 saturated heterocycles. The van der Waals surface area contributed by atoms with Gasteiger partial charge in [-0.3, -0.25) is 0 Å². The van der Waals surface area contributed by atoms with Gasteiger partial charge in [0, 0.05) is 20.1 Å². The van der Waals surface area contributed by atoms with E-state index in [1.165, 1.54) is 36.4 Å². The van der Waals surface area contributed by atoms with Gasteiger partial charge in [0.1, 0.15) is 0 Å². The maximum atomic E-state index is 14.2. The van der Waals surface area contributed by atoms with Gasteiger partial charge in [-0.1, -0.05) is 48.5 Å². The molecule has 1 atom stereocenters. The summed E-state index contributed by atoms with van der Waals surface area (Å²) < 4.78 is 70.7. The van der Waals surface area contributed by atoms with Crippen LogP contribution in [0.4, 0.5) is 13.2 Å². The van der Waals surface area contributed by atoms with Gasteiger partial charge in [-0.05, 0) is 23.3 Å². The number of rotatable bonds is 3. The Balaban J connectivity index is 2.35. The molecule has 0 spiro atoms. The number of hydrogen-bond acceptors (Lipinski definition) is 3. The molecule has 0 saturated carbocycles. The van der Waals surface area contributed by atoms with Crippen molar-refractivity contribution in [1.82, 2.24) is 0 Å². The lowest BCUT2D eigenvalue weighted by molar-refractivity contribution is -0.0422. The van der Waals surface area contributed by atoms with Crippen LogP contribution in [0.1, 0.15) is 11.1 Å². The molecule has 128 valence electrons. The van der Waals surface area contributed by atoms with Crippen LogP contribution in [0.25, 0.3) is 11.0 Å². The highest BCUT2D eigenvalue weighted by atomic mass is 32.3. The highest BCUT2D eigenvalue weighted by Crippen LogP contribution is 2.79. The Morgan fingerprint density at radius 1 is 0.958 bits per heavy atom. The fourth-order valence-electron chi connectivity index (χ4n) is 2.60. The lowest BCUT2D eigenvalue weighted by Gasteiger charge is -2.38. The van der Waals surface area contributed by atoms with E-state index in [4.69, 9.17) is 3.63 Å². The lowest BCUT2D eigenvalue weighted by atomic mass is 10.1. The molecule has 1 heterocycles. The zero-order chi connectivity index (χ0) is 17.6. The number of alkyl halides is 3. The van der Waals surface area contributed by atoms with Crippen LogP contribution in [0, 0.1) is 0 Å². The molecular weight excluding hydrogens is 361 g/mol. The second-order valence-corrected chi connectivity index (χ2v) is 9.59. The molecule has 0 amide bonds. The molecule has 1 aliphatic heterocycles. The summed E-state index contributed by atoms with van der Waals surface area (Å²) in [4.78, 5) is -0.316. The zero-order valence-corrected chi connectivity index (χ0v) is 14.1. The van der Waals surface area contributed by atoms with Gasteiger partial charge < -0.3 is 0 Å². The van der Waals surface area contributed by atoms with E-state index in [1.54, 1.807) is 24.3 Å². The quantitative estimate of drug-likeness (QED) is 0.777. The molecule has 0 radical (unpaired) electrons. The molecule has 0 bridgehead atoms. The van der Waals surface area contributed by atoms with Crippen LogP contribution >= 0.6 is 10.3 Å². The molecule has 2 aromatic carbocycles. The maximum absolute atomic E-state index is 14.2. The van der Waals surface area contributed by atoms with Crippen molar-refractivity contribution in [2.45, 2.75) is 10.4 Å². The van der Waals surface area contributed by atoms with Crippen molar-refractivity contribution in [2.24, 2.45) is 0 Å². The van der Waals surface area contributed by atoms with E-state index in [1.807, 2.05) is 0 Å². The Kier molecular flexibility index (Phi) is 4.01. The Labute approximate surface area is 139 Å². The molecule has 3 rings (SSSR count). The van der Waals surface area contributed by atoms with Gasteiger partial charge in [0.25, 0.3) is 10.1 Å². The zero-order valence-electron chi connectivity index (χ0n) is 12.4. The third-order valence-corrected chi connectivity index (χ3v) is 7.86. The van der Waals surface area contributed by atoms with Gasteiger partial charge in [-0.2, -0.15) is 21.6 Å². The van der Waals surface area contributed by atoms with Gasteiger partial charge in [0.15, 0.2) is 0 Å². The molecule has 24 heavy (non-hydrogen) atoms. The van der Waals surface area contributed by atoms with Crippen molar-refractivity contribution in [3.05, 3.63) is 65.7 Å². The molecule has 1 unspecified atom stereocenters. The highest BCUT2D eigenvalue weighted by Gasteiger charge is 2.60. The number of halogens is 3. The number of fused-ring (bicyclic) bond motifs is 1. The summed E-state index contributed by atoms with van der Waals surface area (Å²) in [5, 5.41) is 0. The Morgan fingerprint density at radius 3 is 2.12 bits per heavy atom. The van der Waals surface area contributed by atoms with Crippen LogP contribution in [0.2, 0.25) is 0 Å². The van der Waals surface area contributed by atoms with E-state index >= 15 is 0 Å². The average molecular weight is 374 g/mol. The Bertz CT molecular complexity index is 906. The highest BCUT2D eigenvalue weighted by molar-refractivity contribution is 8.40. The van der Waals surface area contributed by atoms with Crippen molar-refractivity contribution >= 4 is 31.4 Å². The first kappa shape index (κ1) is 17.1. The molecule has 0 aliphatic carbocycles. The van der Waals surface area contributed by atoms with Gasteiger partial charge in [0.05, 0.1) is 6.26 Å². The first-order valence-electron chi connectivity index (χ1n) is 6.82. The van der Waals surface area contributed by atoms with Crippen molar-refractivity contribution < 1.29 is 25.2 Å². The van der Waals surface area contributed by atoms with Crippen LogP contribution in [0.5, 0.6) is 0 Å². The lowest BCUT2D eigenvalue weighted by Crippen LogP contribution is -2.25. The summed E-state index contributed by atoms with van der Waals surface area (Å²) in [7, 11) is -8.57. The molecule has 1 aliphatic rings. The van der Waals surface area contributed by atoms with Crippen LogP contribution in [-0.4, -0.2) is 20.2 Å². The minimum Gasteiger partial charge on any atom is -0.203 e. The minimum absolute atomic E-state index is 0.151. The van der Waals surface area contributed by atoms with E-state index < -0.39 is 25.9 Å². The first-order chi connectivity index (χ1) is 11.2. The normalized spacial score (nSPS) is 23.2. The van der Waals surface area contributed by atoms with E-state index in [2.05, 4.69) is 0 Å². The third-order valence-electron chi connectivity index (χ3n) is 3.43. The smallest absolute Gasteiger partial charge is 0.203 e. The van der Waals surface area contributed by atoms with E-state index in [0.717, 1.165) is 0 Å². The average Bonchev–Trinajstić information content (AvgIpc) is 2.82. The SMILES string of the molecule is CS(=O)(=O)OS1(C(F)(F)F)C(c2ccccc2)=Cc2ccccc21. The summed E-state index contributed by atoms with van der Waals surface area (Å²) in [6.45, 7) is 0. The molecule has 0 aromatic heterocycles. The van der Waals surface area contributed by atoms with Crippen molar-refractivity contribution in [1.29, 1.82) is 0 Å². The third kappa shape index (κ3) is 2.74. The molecular formula is C16H13F3O3S2. The van der Waals surface area contributed by atoms with Crippen molar-refractivity contribution in [3.63, 3.8) is 0 Å². The van der Waals surface area contributed by atoms with Crippen molar-refractivity contribution in [2.75, 3.05) is 6.26 Å². The Hall–Kier alpha value is -1.77. The van der Waals surface area contributed by atoms with E-state index in [0.29, 0.717) is 11.8 Å². The fourth-order valence-corrected chi connectivity index (χ4v) is 7.21. The van der Waals surface area contributed by atoms with Gasteiger partial charge in [0.2, 0.25) is 0 Å². The van der Waals surface area contributed by atoms with Crippen LogP contribution < -0.4 is 0 Å².